The zero-order chi connectivity index (χ0) is 9.49. The van der Waals surface area contributed by atoms with E-state index in [-0.39, 0.29) is 0 Å². The molecule has 0 aromatic carbocycles. The van der Waals surface area contributed by atoms with Gasteiger partial charge in [0, 0.05) is 10.4 Å². The van der Waals surface area contributed by atoms with E-state index in [2.05, 4.69) is 19.6 Å². The van der Waals surface area contributed by atoms with Gasteiger partial charge >= 0.3 is 0 Å². The maximum absolute atomic E-state index is 8.52. The van der Waals surface area contributed by atoms with Crippen LogP contribution in [-0.4, -0.2) is 24.1 Å². The minimum atomic E-state index is -5.17. The van der Waals surface area contributed by atoms with Crippen molar-refractivity contribution in [3.8, 4) is 0 Å². The first-order valence-electron chi connectivity index (χ1n) is 3.23. The summed E-state index contributed by atoms with van der Waals surface area (Å²) < 4.78 is 34.1. The van der Waals surface area contributed by atoms with Crippen molar-refractivity contribution >= 4 is 10.4 Å². The SMILES string of the molecule is CC(C)CC[NH3+].O=S(=O)([O-])[O-]. The summed E-state index contributed by atoms with van der Waals surface area (Å²) in [7, 11) is -5.17. The molecule has 0 aromatic heterocycles. The highest BCUT2D eigenvalue weighted by molar-refractivity contribution is 7.79. The van der Waals surface area contributed by atoms with Gasteiger partial charge in [-0.25, -0.2) is 0 Å². The van der Waals surface area contributed by atoms with E-state index >= 15 is 0 Å². The molecule has 0 amide bonds. The smallest absolute Gasteiger partial charge is 0.0742 e. The lowest BCUT2D eigenvalue weighted by molar-refractivity contribution is -0.369. The Kier molecular flexibility index (Phi) is 7.97. The van der Waals surface area contributed by atoms with Gasteiger partial charge in [-0.15, -0.1) is 0 Å². The van der Waals surface area contributed by atoms with Crippen molar-refractivity contribution in [1.29, 1.82) is 0 Å². The summed E-state index contributed by atoms with van der Waals surface area (Å²) in [6, 6.07) is 0. The summed E-state index contributed by atoms with van der Waals surface area (Å²) in [6.07, 6.45) is 1.26. The number of hydrogen-bond donors (Lipinski definition) is 1. The minimum Gasteiger partial charge on any atom is -0.759 e. The van der Waals surface area contributed by atoms with Gasteiger partial charge in [-0.2, -0.15) is 0 Å². The fraction of sp³-hybridized carbons (Fsp3) is 1.00. The van der Waals surface area contributed by atoms with Crippen LogP contribution >= 0.6 is 0 Å². The van der Waals surface area contributed by atoms with Crippen LogP contribution in [-0.2, 0) is 10.4 Å². The van der Waals surface area contributed by atoms with E-state index in [1.807, 2.05) is 0 Å². The highest BCUT2D eigenvalue weighted by Gasteiger charge is 1.88. The van der Waals surface area contributed by atoms with Crippen molar-refractivity contribution in [1.82, 2.24) is 0 Å². The molecule has 0 saturated carbocycles. The highest BCUT2D eigenvalue weighted by atomic mass is 32.3. The fourth-order valence-corrected chi connectivity index (χ4v) is 0.408. The van der Waals surface area contributed by atoms with Gasteiger partial charge in [0.15, 0.2) is 0 Å². The van der Waals surface area contributed by atoms with E-state index in [0.717, 1.165) is 12.5 Å². The molecular formula is C5H14NO4S-. The molecule has 0 fully saturated rings. The van der Waals surface area contributed by atoms with Crippen LogP contribution in [0.4, 0.5) is 0 Å². The molecule has 0 heterocycles. The standard InChI is InChI=1S/C5H13N.H2O4S/c1-5(2)3-4-6;1-5(2,3)4/h5H,3-4,6H2,1-2H3;(H2,1,2,3,4)/p-1. The van der Waals surface area contributed by atoms with E-state index in [1.54, 1.807) is 0 Å². The van der Waals surface area contributed by atoms with Crippen LogP contribution in [0.1, 0.15) is 20.3 Å². The molecule has 0 rings (SSSR count). The fourth-order valence-electron chi connectivity index (χ4n) is 0.408. The van der Waals surface area contributed by atoms with Gasteiger partial charge in [0.25, 0.3) is 0 Å². The molecule has 0 aromatic rings. The van der Waals surface area contributed by atoms with E-state index in [1.165, 1.54) is 6.42 Å². The first-order chi connectivity index (χ1) is 4.77. The molecule has 0 saturated heterocycles. The number of hydrogen-bond acceptors (Lipinski definition) is 4. The summed E-state index contributed by atoms with van der Waals surface area (Å²) in [5.41, 5.74) is 3.73. The lowest BCUT2D eigenvalue weighted by Gasteiger charge is -2.06. The Balaban J connectivity index is 0. The summed E-state index contributed by atoms with van der Waals surface area (Å²) in [5, 5.41) is 0. The predicted molar refractivity (Wildman–Crippen MR) is 37.7 cm³/mol. The summed E-state index contributed by atoms with van der Waals surface area (Å²) in [5.74, 6) is 0.836. The molecule has 5 nitrogen and oxygen atoms in total. The van der Waals surface area contributed by atoms with Crippen molar-refractivity contribution in [2.75, 3.05) is 6.54 Å². The van der Waals surface area contributed by atoms with Crippen LogP contribution in [0.25, 0.3) is 0 Å². The van der Waals surface area contributed by atoms with Crippen molar-refractivity contribution in [2.45, 2.75) is 20.3 Å². The normalized spacial score (nSPS) is 10.7. The molecule has 0 aliphatic rings. The Morgan fingerprint density at radius 1 is 1.36 bits per heavy atom. The van der Waals surface area contributed by atoms with Gasteiger partial charge in [0.05, 0.1) is 6.54 Å². The molecule has 3 N–H and O–H groups in total. The molecule has 0 atom stereocenters. The molecule has 6 heteroatoms. The number of quaternary nitrogens is 1. The monoisotopic (exact) mass is 184 g/mol. The van der Waals surface area contributed by atoms with Crippen molar-refractivity contribution in [2.24, 2.45) is 5.92 Å². The Morgan fingerprint density at radius 2 is 1.64 bits per heavy atom. The van der Waals surface area contributed by atoms with Gasteiger partial charge in [-0.05, 0) is 12.3 Å². The van der Waals surface area contributed by atoms with E-state index in [9.17, 15) is 0 Å². The average Bonchev–Trinajstić information content (AvgIpc) is 1.58. The molecule has 0 aliphatic heterocycles. The minimum absolute atomic E-state index is 0.836. The van der Waals surface area contributed by atoms with E-state index < -0.39 is 10.4 Å². The third kappa shape index (κ3) is 75.2. The third-order valence-electron chi connectivity index (χ3n) is 0.781. The Hall–Kier alpha value is -0.170. The van der Waals surface area contributed by atoms with Crippen molar-refractivity contribution in [3.05, 3.63) is 0 Å². The van der Waals surface area contributed by atoms with Crippen molar-refractivity contribution in [3.63, 3.8) is 0 Å². The van der Waals surface area contributed by atoms with Gasteiger partial charge in [0.2, 0.25) is 0 Å². The van der Waals surface area contributed by atoms with Crippen LogP contribution < -0.4 is 5.73 Å². The molecule has 0 radical (unpaired) electrons. The van der Waals surface area contributed by atoms with Crippen LogP contribution in [0.5, 0.6) is 0 Å². The van der Waals surface area contributed by atoms with Crippen molar-refractivity contribution < 1.29 is 23.3 Å². The average molecular weight is 184 g/mol. The Labute approximate surface area is 67.2 Å². The van der Waals surface area contributed by atoms with Gasteiger partial charge in [-0.1, -0.05) is 13.8 Å². The first-order valence-corrected chi connectivity index (χ1v) is 4.56. The van der Waals surface area contributed by atoms with Gasteiger partial charge < -0.3 is 14.8 Å². The Morgan fingerprint density at radius 3 is 1.64 bits per heavy atom. The molecule has 11 heavy (non-hydrogen) atoms. The summed E-state index contributed by atoms with van der Waals surface area (Å²) >= 11 is 0. The van der Waals surface area contributed by atoms with E-state index in [4.69, 9.17) is 17.5 Å². The lowest BCUT2D eigenvalue weighted by Crippen LogP contribution is -2.50. The topological polar surface area (TPSA) is 108 Å². The second kappa shape index (κ2) is 6.53. The highest BCUT2D eigenvalue weighted by Crippen LogP contribution is 1.93. The molecular weight excluding hydrogens is 170 g/mol. The van der Waals surface area contributed by atoms with Crippen LogP contribution in [0.2, 0.25) is 0 Å². The van der Waals surface area contributed by atoms with Crippen LogP contribution in [0, 0.1) is 5.92 Å². The summed E-state index contributed by atoms with van der Waals surface area (Å²) in [4.78, 5) is 0. The van der Waals surface area contributed by atoms with Gasteiger partial charge in [0.1, 0.15) is 0 Å². The largest absolute Gasteiger partial charge is 0.759 e. The third-order valence-corrected chi connectivity index (χ3v) is 0.781. The second-order valence-electron chi connectivity index (χ2n) is 2.44. The zero-order valence-electron chi connectivity index (χ0n) is 6.74. The molecule has 0 aliphatic carbocycles. The maximum atomic E-state index is 8.52. The molecule has 70 valence electrons. The molecule has 0 bridgehead atoms. The van der Waals surface area contributed by atoms with Crippen LogP contribution in [0.15, 0.2) is 0 Å². The zero-order valence-corrected chi connectivity index (χ0v) is 7.56. The van der Waals surface area contributed by atoms with Crippen LogP contribution in [0.3, 0.4) is 0 Å². The lowest BCUT2D eigenvalue weighted by atomic mass is 10.1. The second-order valence-corrected chi connectivity index (χ2v) is 3.26. The maximum Gasteiger partial charge on any atom is 0.0742 e. The molecule has 0 unspecified atom stereocenters. The quantitative estimate of drug-likeness (QED) is 0.435. The van der Waals surface area contributed by atoms with E-state index in [0.29, 0.717) is 0 Å². The van der Waals surface area contributed by atoms with Gasteiger partial charge in [-0.3, -0.25) is 8.42 Å². The molecule has 0 spiro atoms. The Bertz CT molecular complexity index is 155. The number of rotatable bonds is 2. The summed E-state index contributed by atoms with van der Waals surface area (Å²) in [6.45, 7) is 5.51. The first kappa shape index (κ1) is 13.4. The predicted octanol–water partition coefficient (Wildman–Crippen LogP) is -1.06.